The molecule has 0 atom stereocenters. The summed E-state index contributed by atoms with van der Waals surface area (Å²) >= 11 is 0. The van der Waals surface area contributed by atoms with Gasteiger partial charge < -0.3 is 20.3 Å². The zero-order valence-corrected chi connectivity index (χ0v) is 18.3. The highest BCUT2D eigenvalue weighted by molar-refractivity contribution is 5.79. The van der Waals surface area contributed by atoms with E-state index in [-0.39, 0.29) is 6.61 Å². The van der Waals surface area contributed by atoms with Crippen LogP contribution in [0.3, 0.4) is 0 Å². The number of guanidine groups is 1. The Kier molecular flexibility index (Phi) is 9.81. The van der Waals surface area contributed by atoms with Crippen LogP contribution in [0.2, 0.25) is 0 Å². The lowest BCUT2D eigenvalue weighted by Crippen LogP contribution is -2.37. The Morgan fingerprint density at radius 2 is 1.61 bits per heavy atom. The zero-order valence-electron chi connectivity index (χ0n) is 18.3. The molecule has 2 N–H and O–H groups in total. The molecule has 0 radical (unpaired) electrons. The summed E-state index contributed by atoms with van der Waals surface area (Å²) in [6.45, 7) is 3.41. The molecule has 0 aromatic heterocycles. The number of aliphatic imine (C=N–C) groups is 1. The van der Waals surface area contributed by atoms with Gasteiger partial charge in [0.15, 0.2) is 5.96 Å². The van der Waals surface area contributed by atoms with Crippen LogP contribution < -0.4 is 10.6 Å². The molecule has 2 aromatic carbocycles. The molecule has 2 aromatic rings. The van der Waals surface area contributed by atoms with E-state index in [1.165, 1.54) is 11.1 Å². The molecule has 0 saturated carbocycles. The molecule has 0 fully saturated rings. The molecule has 0 amide bonds. The maximum atomic E-state index is 12.2. The molecule has 5 nitrogen and oxygen atoms in total. The summed E-state index contributed by atoms with van der Waals surface area (Å²) in [7, 11) is 4.09. The van der Waals surface area contributed by atoms with Crippen molar-refractivity contribution >= 4 is 5.96 Å². The van der Waals surface area contributed by atoms with Crippen LogP contribution in [-0.4, -0.2) is 44.3 Å². The summed E-state index contributed by atoms with van der Waals surface area (Å²) in [6.07, 6.45) is -4.31. The van der Waals surface area contributed by atoms with Crippen molar-refractivity contribution in [2.75, 3.05) is 27.2 Å². The van der Waals surface area contributed by atoms with Crippen molar-refractivity contribution in [3.05, 3.63) is 70.8 Å². The zero-order chi connectivity index (χ0) is 22.7. The molecule has 2 rings (SSSR count). The molecule has 0 unspecified atom stereocenters. The van der Waals surface area contributed by atoms with Gasteiger partial charge in [0.1, 0.15) is 6.61 Å². The van der Waals surface area contributed by atoms with E-state index in [9.17, 15) is 13.2 Å². The van der Waals surface area contributed by atoms with Gasteiger partial charge in [-0.2, -0.15) is 13.2 Å². The van der Waals surface area contributed by atoms with E-state index in [1.807, 2.05) is 45.3 Å². The number of ether oxygens (including phenoxy) is 1. The molecule has 8 heteroatoms. The monoisotopic (exact) mass is 436 g/mol. The van der Waals surface area contributed by atoms with Crippen molar-refractivity contribution in [1.29, 1.82) is 0 Å². The number of nitrogens with zero attached hydrogens (tertiary/aromatic N) is 2. The highest BCUT2D eigenvalue weighted by atomic mass is 19.4. The third-order valence-electron chi connectivity index (χ3n) is 4.37. The molecule has 0 aliphatic heterocycles. The van der Waals surface area contributed by atoms with Gasteiger partial charge in [-0.15, -0.1) is 0 Å². The number of rotatable bonds is 10. The lowest BCUT2D eigenvalue weighted by atomic mass is 10.1. The van der Waals surface area contributed by atoms with E-state index in [0.29, 0.717) is 24.6 Å². The summed E-state index contributed by atoms with van der Waals surface area (Å²) in [6, 6.07) is 15.5. The number of hydrogen-bond donors (Lipinski definition) is 2. The Morgan fingerprint density at radius 1 is 0.968 bits per heavy atom. The first kappa shape index (κ1) is 24.7. The van der Waals surface area contributed by atoms with Crippen LogP contribution in [0, 0.1) is 0 Å². The van der Waals surface area contributed by atoms with Gasteiger partial charge in [-0.25, -0.2) is 4.99 Å². The second-order valence-electron chi connectivity index (χ2n) is 7.48. The number of hydrogen-bond acceptors (Lipinski definition) is 3. The standard InChI is InChI=1S/C23H31F3N4O/c1-4-27-22(29-14-20-7-5-6-8-21(20)15-30(2)3)28-13-18-9-11-19(12-10-18)16-31-17-23(24,25)26/h5-12H,4,13-17H2,1-3H3,(H2,27,28,29). The van der Waals surface area contributed by atoms with Gasteiger partial charge >= 0.3 is 6.18 Å². The van der Waals surface area contributed by atoms with Crippen molar-refractivity contribution < 1.29 is 17.9 Å². The Balaban J connectivity index is 1.92. The number of benzene rings is 2. The van der Waals surface area contributed by atoms with E-state index in [0.717, 1.165) is 18.7 Å². The van der Waals surface area contributed by atoms with Crippen molar-refractivity contribution in [2.45, 2.75) is 39.3 Å². The minimum Gasteiger partial charge on any atom is -0.367 e. The lowest BCUT2D eigenvalue weighted by molar-refractivity contribution is -0.176. The van der Waals surface area contributed by atoms with Gasteiger partial charge in [0.05, 0.1) is 13.2 Å². The fourth-order valence-electron chi connectivity index (χ4n) is 2.94. The Bertz CT molecular complexity index is 820. The van der Waals surface area contributed by atoms with Crippen LogP contribution in [0.1, 0.15) is 29.2 Å². The van der Waals surface area contributed by atoms with Gasteiger partial charge in [-0.3, -0.25) is 0 Å². The second kappa shape index (κ2) is 12.3. The van der Waals surface area contributed by atoms with Crippen LogP contribution in [0.25, 0.3) is 0 Å². The maximum Gasteiger partial charge on any atom is 0.411 e. The van der Waals surface area contributed by atoms with Crippen molar-refractivity contribution in [3.63, 3.8) is 0 Å². The lowest BCUT2D eigenvalue weighted by Gasteiger charge is -2.16. The summed E-state index contributed by atoms with van der Waals surface area (Å²) in [5.41, 5.74) is 4.13. The van der Waals surface area contributed by atoms with Gasteiger partial charge in [-0.05, 0) is 43.3 Å². The van der Waals surface area contributed by atoms with Crippen LogP contribution in [0.4, 0.5) is 13.2 Å². The number of halogens is 3. The summed E-state index contributed by atoms with van der Waals surface area (Å²) in [4.78, 5) is 6.75. The molecule has 170 valence electrons. The van der Waals surface area contributed by atoms with Crippen LogP contribution in [0.5, 0.6) is 0 Å². The summed E-state index contributed by atoms with van der Waals surface area (Å²) in [5, 5.41) is 6.61. The van der Waals surface area contributed by atoms with Crippen molar-refractivity contribution in [1.82, 2.24) is 15.5 Å². The summed E-state index contributed by atoms with van der Waals surface area (Å²) in [5.74, 6) is 0.708. The molecule has 0 spiro atoms. The highest BCUT2D eigenvalue weighted by Crippen LogP contribution is 2.16. The maximum absolute atomic E-state index is 12.2. The molecule has 0 heterocycles. The van der Waals surface area contributed by atoms with E-state index >= 15 is 0 Å². The fraction of sp³-hybridized carbons (Fsp3) is 0.435. The van der Waals surface area contributed by atoms with Gasteiger partial charge in [0.25, 0.3) is 0 Å². The third-order valence-corrected chi connectivity index (χ3v) is 4.37. The average molecular weight is 437 g/mol. The average Bonchev–Trinajstić information content (AvgIpc) is 2.71. The minimum absolute atomic E-state index is 0.0698. The van der Waals surface area contributed by atoms with Crippen LogP contribution in [-0.2, 0) is 31.0 Å². The quantitative estimate of drug-likeness (QED) is 0.435. The Hall–Kier alpha value is -2.58. The molecule has 0 aliphatic rings. The molecular weight excluding hydrogens is 405 g/mol. The SMILES string of the molecule is CCNC(=NCc1ccc(COCC(F)(F)F)cc1)NCc1ccccc1CN(C)C. The first-order valence-corrected chi connectivity index (χ1v) is 10.2. The van der Waals surface area contributed by atoms with Crippen molar-refractivity contribution in [3.8, 4) is 0 Å². The number of alkyl halides is 3. The smallest absolute Gasteiger partial charge is 0.367 e. The Morgan fingerprint density at radius 3 is 2.23 bits per heavy atom. The van der Waals surface area contributed by atoms with Gasteiger partial charge in [0, 0.05) is 19.6 Å². The van der Waals surface area contributed by atoms with E-state index in [2.05, 4.69) is 37.4 Å². The first-order chi connectivity index (χ1) is 14.8. The predicted molar refractivity (Wildman–Crippen MR) is 118 cm³/mol. The van der Waals surface area contributed by atoms with Gasteiger partial charge in [-0.1, -0.05) is 48.5 Å². The van der Waals surface area contributed by atoms with E-state index < -0.39 is 12.8 Å². The minimum atomic E-state index is -4.31. The second-order valence-corrected chi connectivity index (χ2v) is 7.48. The van der Waals surface area contributed by atoms with Crippen LogP contribution in [0.15, 0.2) is 53.5 Å². The molecule has 0 bridgehead atoms. The molecule has 0 aliphatic carbocycles. The Labute approximate surface area is 182 Å². The predicted octanol–water partition coefficient (Wildman–Crippen LogP) is 4.08. The highest BCUT2D eigenvalue weighted by Gasteiger charge is 2.27. The van der Waals surface area contributed by atoms with Crippen molar-refractivity contribution in [2.24, 2.45) is 4.99 Å². The molecule has 31 heavy (non-hydrogen) atoms. The summed E-state index contributed by atoms with van der Waals surface area (Å²) < 4.78 is 41.2. The van der Waals surface area contributed by atoms with E-state index in [4.69, 9.17) is 0 Å². The fourth-order valence-corrected chi connectivity index (χ4v) is 2.94. The molecular formula is C23H31F3N4O. The topological polar surface area (TPSA) is 48.9 Å². The number of nitrogens with one attached hydrogen (secondary N) is 2. The molecule has 0 saturated heterocycles. The van der Waals surface area contributed by atoms with E-state index in [1.54, 1.807) is 12.1 Å². The largest absolute Gasteiger partial charge is 0.411 e. The third kappa shape index (κ3) is 9.85. The first-order valence-electron chi connectivity index (χ1n) is 10.2. The normalized spacial score (nSPS) is 12.3. The van der Waals surface area contributed by atoms with Crippen LogP contribution >= 0.6 is 0 Å². The van der Waals surface area contributed by atoms with Gasteiger partial charge in [0.2, 0.25) is 0 Å².